The van der Waals surface area contributed by atoms with Crippen molar-refractivity contribution < 1.29 is 14.7 Å². The predicted octanol–water partition coefficient (Wildman–Crippen LogP) is 0.101. The molecule has 0 bridgehead atoms. The van der Waals surface area contributed by atoms with Crippen LogP contribution in [0, 0.1) is 5.92 Å². The van der Waals surface area contributed by atoms with Crippen LogP contribution >= 0.6 is 0 Å². The molecule has 0 aromatic rings. The minimum absolute atomic E-state index is 0.0658. The number of nitrogens with one attached hydrogen (secondary N) is 2. The Bertz CT molecular complexity index is 308. The van der Waals surface area contributed by atoms with Gasteiger partial charge in [0.05, 0.1) is 12.1 Å². The molecule has 6 heteroatoms. The minimum atomic E-state index is -0.706. The molecule has 104 valence electrons. The molecular formula is C12H23N3O3. The third-order valence-corrected chi connectivity index (χ3v) is 3.34. The summed E-state index contributed by atoms with van der Waals surface area (Å²) in [6.45, 7) is 3.87. The summed E-state index contributed by atoms with van der Waals surface area (Å²) in [5.74, 6) is -0.00434. The maximum absolute atomic E-state index is 12.1. The Morgan fingerprint density at radius 3 is 2.33 bits per heavy atom. The molecule has 0 heterocycles. The molecule has 1 fully saturated rings. The average molecular weight is 257 g/mol. The first-order chi connectivity index (χ1) is 8.38. The summed E-state index contributed by atoms with van der Waals surface area (Å²) in [5.41, 5.74) is 4.58. The first-order valence-corrected chi connectivity index (χ1v) is 6.37. The molecule has 0 aliphatic heterocycles. The fourth-order valence-corrected chi connectivity index (χ4v) is 2.15. The number of rotatable bonds is 6. The van der Waals surface area contributed by atoms with Gasteiger partial charge in [0, 0.05) is 0 Å². The molecule has 0 spiro atoms. The van der Waals surface area contributed by atoms with E-state index in [0.29, 0.717) is 6.42 Å². The van der Waals surface area contributed by atoms with Gasteiger partial charge >= 0.3 is 6.03 Å². The molecule has 1 unspecified atom stereocenters. The zero-order valence-electron chi connectivity index (χ0n) is 11.0. The summed E-state index contributed by atoms with van der Waals surface area (Å²) in [6, 6.07) is -1.34. The molecule has 3 amide bonds. The fourth-order valence-electron chi connectivity index (χ4n) is 2.15. The Balaban J connectivity index is 2.60. The van der Waals surface area contributed by atoms with Crippen LogP contribution in [0.4, 0.5) is 4.79 Å². The SMILES string of the molecule is CC(C)CC(NC(N)=O)C(=O)NC1(CO)CCC1. The van der Waals surface area contributed by atoms with Gasteiger partial charge in [-0.3, -0.25) is 4.79 Å². The third kappa shape index (κ3) is 3.87. The van der Waals surface area contributed by atoms with Crippen molar-refractivity contribution in [1.82, 2.24) is 10.6 Å². The Kier molecular flexibility index (Phi) is 4.95. The van der Waals surface area contributed by atoms with Crippen molar-refractivity contribution in [3.63, 3.8) is 0 Å². The van der Waals surface area contributed by atoms with Gasteiger partial charge in [-0.25, -0.2) is 4.79 Å². The van der Waals surface area contributed by atoms with Crippen LogP contribution in [0.3, 0.4) is 0 Å². The van der Waals surface area contributed by atoms with E-state index in [2.05, 4.69) is 10.6 Å². The Morgan fingerprint density at radius 1 is 1.39 bits per heavy atom. The van der Waals surface area contributed by atoms with E-state index >= 15 is 0 Å². The molecule has 18 heavy (non-hydrogen) atoms. The van der Waals surface area contributed by atoms with Gasteiger partial charge < -0.3 is 21.5 Å². The molecule has 1 rings (SSSR count). The molecule has 0 aromatic carbocycles. The number of carbonyl (C=O) groups is 2. The second-order valence-electron chi connectivity index (χ2n) is 5.47. The largest absolute Gasteiger partial charge is 0.394 e. The topological polar surface area (TPSA) is 104 Å². The number of nitrogens with two attached hydrogens (primary N) is 1. The van der Waals surface area contributed by atoms with E-state index in [9.17, 15) is 14.7 Å². The number of hydrogen-bond acceptors (Lipinski definition) is 3. The quantitative estimate of drug-likeness (QED) is 0.542. The normalized spacial score (nSPS) is 18.9. The summed E-state index contributed by atoms with van der Waals surface area (Å²) in [4.78, 5) is 23.0. The van der Waals surface area contributed by atoms with Crippen molar-refractivity contribution in [2.45, 2.75) is 51.1 Å². The van der Waals surface area contributed by atoms with Crippen LogP contribution in [0.2, 0.25) is 0 Å². The second kappa shape index (κ2) is 6.04. The van der Waals surface area contributed by atoms with Crippen LogP contribution in [-0.2, 0) is 4.79 Å². The summed E-state index contributed by atoms with van der Waals surface area (Å²) >= 11 is 0. The van der Waals surface area contributed by atoms with Crippen molar-refractivity contribution in [2.24, 2.45) is 11.7 Å². The highest BCUT2D eigenvalue weighted by Crippen LogP contribution is 2.31. The summed E-state index contributed by atoms with van der Waals surface area (Å²) < 4.78 is 0. The standard InChI is InChI=1S/C12H23N3O3/c1-8(2)6-9(14-11(13)18)10(17)15-12(7-16)4-3-5-12/h8-9,16H,3-7H2,1-2H3,(H,15,17)(H3,13,14,18). The lowest BCUT2D eigenvalue weighted by Crippen LogP contribution is -2.61. The van der Waals surface area contributed by atoms with Crippen molar-refractivity contribution in [3.8, 4) is 0 Å². The third-order valence-electron chi connectivity index (χ3n) is 3.34. The van der Waals surface area contributed by atoms with E-state index < -0.39 is 17.6 Å². The highest BCUT2D eigenvalue weighted by atomic mass is 16.3. The highest BCUT2D eigenvalue weighted by Gasteiger charge is 2.39. The zero-order valence-corrected chi connectivity index (χ0v) is 11.0. The van der Waals surface area contributed by atoms with Gasteiger partial charge in [-0.05, 0) is 31.6 Å². The van der Waals surface area contributed by atoms with Gasteiger partial charge in [0.15, 0.2) is 0 Å². The Labute approximate surface area is 107 Å². The van der Waals surface area contributed by atoms with E-state index in [-0.39, 0.29) is 18.4 Å². The zero-order chi connectivity index (χ0) is 13.8. The lowest BCUT2D eigenvalue weighted by Gasteiger charge is -2.41. The molecule has 1 saturated carbocycles. The first kappa shape index (κ1) is 14.8. The molecule has 1 aliphatic rings. The second-order valence-corrected chi connectivity index (χ2v) is 5.47. The minimum Gasteiger partial charge on any atom is -0.394 e. The fraction of sp³-hybridized carbons (Fsp3) is 0.833. The number of primary amides is 1. The molecule has 1 aliphatic carbocycles. The number of carbonyl (C=O) groups excluding carboxylic acids is 2. The monoisotopic (exact) mass is 257 g/mol. The number of aliphatic hydroxyl groups is 1. The van der Waals surface area contributed by atoms with Crippen LogP contribution in [-0.4, -0.2) is 35.2 Å². The maximum Gasteiger partial charge on any atom is 0.312 e. The van der Waals surface area contributed by atoms with Crippen LogP contribution < -0.4 is 16.4 Å². The lowest BCUT2D eigenvalue weighted by molar-refractivity contribution is -0.127. The van der Waals surface area contributed by atoms with Gasteiger partial charge in [-0.15, -0.1) is 0 Å². The number of amides is 3. The van der Waals surface area contributed by atoms with Gasteiger partial charge in [0.25, 0.3) is 0 Å². The average Bonchev–Trinajstić information content (AvgIpc) is 2.20. The molecule has 0 radical (unpaired) electrons. The van der Waals surface area contributed by atoms with Crippen LogP contribution in [0.15, 0.2) is 0 Å². The summed E-state index contributed by atoms with van der Waals surface area (Å²) in [7, 11) is 0. The van der Waals surface area contributed by atoms with E-state index in [0.717, 1.165) is 19.3 Å². The van der Waals surface area contributed by atoms with E-state index in [1.165, 1.54) is 0 Å². The molecule has 5 N–H and O–H groups in total. The first-order valence-electron chi connectivity index (χ1n) is 6.37. The number of aliphatic hydroxyl groups excluding tert-OH is 1. The van der Waals surface area contributed by atoms with Crippen molar-refractivity contribution in [1.29, 1.82) is 0 Å². The smallest absolute Gasteiger partial charge is 0.312 e. The molecule has 6 nitrogen and oxygen atoms in total. The van der Waals surface area contributed by atoms with Crippen LogP contribution in [0.25, 0.3) is 0 Å². The van der Waals surface area contributed by atoms with E-state index in [1.807, 2.05) is 13.8 Å². The Hall–Kier alpha value is -1.30. The maximum atomic E-state index is 12.1. The summed E-state index contributed by atoms with van der Waals surface area (Å²) in [6.07, 6.45) is 3.08. The summed E-state index contributed by atoms with van der Waals surface area (Å²) in [5, 5.41) is 14.6. The van der Waals surface area contributed by atoms with Gasteiger partial charge in [0.1, 0.15) is 6.04 Å². The lowest BCUT2D eigenvalue weighted by atomic mass is 9.77. The van der Waals surface area contributed by atoms with Crippen molar-refractivity contribution in [3.05, 3.63) is 0 Å². The van der Waals surface area contributed by atoms with Crippen LogP contribution in [0.1, 0.15) is 39.5 Å². The molecular weight excluding hydrogens is 234 g/mol. The van der Waals surface area contributed by atoms with E-state index in [4.69, 9.17) is 5.73 Å². The van der Waals surface area contributed by atoms with Gasteiger partial charge in [-0.2, -0.15) is 0 Å². The van der Waals surface area contributed by atoms with Crippen LogP contribution in [0.5, 0.6) is 0 Å². The number of urea groups is 1. The predicted molar refractivity (Wildman–Crippen MR) is 67.8 cm³/mol. The molecule has 0 aromatic heterocycles. The highest BCUT2D eigenvalue weighted by molar-refractivity contribution is 5.87. The Morgan fingerprint density at radius 2 is 2.00 bits per heavy atom. The number of hydrogen-bond donors (Lipinski definition) is 4. The van der Waals surface area contributed by atoms with Gasteiger partial charge in [-0.1, -0.05) is 13.8 Å². The van der Waals surface area contributed by atoms with Crippen molar-refractivity contribution in [2.75, 3.05) is 6.61 Å². The van der Waals surface area contributed by atoms with E-state index in [1.54, 1.807) is 0 Å². The molecule has 1 atom stereocenters. The molecule has 0 saturated heterocycles. The van der Waals surface area contributed by atoms with Crippen molar-refractivity contribution >= 4 is 11.9 Å². The van der Waals surface area contributed by atoms with Gasteiger partial charge in [0.2, 0.25) is 5.91 Å².